The minimum atomic E-state index is -0.258. The molecule has 0 saturated heterocycles. The highest BCUT2D eigenvalue weighted by Crippen LogP contribution is 2.15. The van der Waals surface area contributed by atoms with Crippen molar-refractivity contribution in [3.05, 3.63) is 89.5 Å². The van der Waals surface area contributed by atoms with Gasteiger partial charge >= 0.3 is 0 Å². The van der Waals surface area contributed by atoms with E-state index in [1.165, 1.54) is 0 Å². The van der Waals surface area contributed by atoms with Crippen molar-refractivity contribution in [1.82, 2.24) is 30.1 Å². The topological polar surface area (TPSA) is 77.6 Å². The number of aromatic nitrogens is 5. The first kappa shape index (κ1) is 17.7. The average molecular weight is 372 g/mol. The van der Waals surface area contributed by atoms with Crippen molar-refractivity contribution in [2.45, 2.75) is 20.4 Å². The van der Waals surface area contributed by atoms with Crippen LogP contribution < -0.4 is 5.32 Å². The molecule has 0 aliphatic carbocycles. The van der Waals surface area contributed by atoms with Gasteiger partial charge in [0.15, 0.2) is 5.69 Å². The second-order valence-electron chi connectivity index (χ2n) is 6.53. The molecule has 0 fully saturated rings. The second kappa shape index (κ2) is 7.48. The number of nitrogens with zero attached hydrogens (tertiary/aromatic N) is 5. The van der Waals surface area contributed by atoms with Gasteiger partial charge in [-0.3, -0.25) is 4.79 Å². The Morgan fingerprint density at radius 3 is 2.57 bits per heavy atom. The van der Waals surface area contributed by atoms with Crippen molar-refractivity contribution in [1.29, 1.82) is 0 Å². The summed E-state index contributed by atoms with van der Waals surface area (Å²) in [5, 5.41) is 15.4. The number of hydrogen-bond acceptors (Lipinski definition) is 4. The van der Waals surface area contributed by atoms with Gasteiger partial charge in [0.05, 0.1) is 17.1 Å². The van der Waals surface area contributed by atoms with Crippen LogP contribution in [0.2, 0.25) is 0 Å². The maximum Gasteiger partial charge on any atom is 0.274 e. The molecule has 0 aliphatic heterocycles. The molecule has 2 heterocycles. The number of aryl methyl sites for hydroxylation is 1. The average Bonchev–Trinajstić information content (AvgIpc) is 3.37. The van der Waals surface area contributed by atoms with Crippen molar-refractivity contribution >= 4 is 5.91 Å². The van der Waals surface area contributed by atoms with E-state index in [1.807, 2.05) is 74.6 Å². The molecule has 2 aromatic heterocycles. The van der Waals surface area contributed by atoms with E-state index in [9.17, 15) is 4.79 Å². The van der Waals surface area contributed by atoms with E-state index in [2.05, 4.69) is 20.7 Å². The molecule has 1 N–H and O–H groups in total. The third kappa shape index (κ3) is 3.42. The first-order valence-electron chi connectivity index (χ1n) is 8.99. The molecular weight excluding hydrogens is 352 g/mol. The number of para-hydroxylation sites is 1. The Bertz CT molecular complexity index is 1100. The van der Waals surface area contributed by atoms with E-state index in [4.69, 9.17) is 0 Å². The number of carbonyl (C=O) groups excluding carboxylic acids is 1. The van der Waals surface area contributed by atoms with Crippen LogP contribution >= 0.6 is 0 Å². The fourth-order valence-corrected chi connectivity index (χ4v) is 3.02. The highest BCUT2D eigenvalue weighted by molar-refractivity contribution is 5.93. The molecule has 0 bridgehead atoms. The summed E-state index contributed by atoms with van der Waals surface area (Å²) >= 11 is 0. The Morgan fingerprint density at radius 1 is 1.04 bits per heavy atom. The number of amides is 1. The summed E-state index contributed by atoms with van der Waals surface area (Å²) in [7, 11) is 0. The molecule has 0 aliphatic rings. The third-order valence-electron chi connectivity index (χ3n) is 4.57. The van der Waals surface area contributed by atoms with Gasteiger partial charge in [-0.25, -0.2) is 9.36 Å². The Balaban J connectivity index is 1.52. The minimum absolute atomic E-state index is 0.258. The molecule has 4 aromatic rings. The van der Waals surface area contributed by atoms with Gasteiger partial charge in [-0.05, 0) is 43.7 Å². The Labute approximate surface area is 162 Å². The van der Waals surface area contributed by atoms with Crippen LogP contribution in [0.25, 0.3) is 11.4 Å². The zero-order valence-corrected chi connectivity index (χ0v) is 15.7. The zero-order valence-electron chi connectivity index (χ0n) is 15.7. The molecule has 28 heavy (non-hydrogen) atoms. The lowest BCUT2D eigenvalue weighted by Crippen LogP contribution is -2.24. The predicted octanol–water partition coefficient (Wildman–Crippen LogP) is 3.00. The number of hydrogen-bond donors (Lipinski definition) is 1. The molecule has 0 unspecified atom stereocenters. The Hall–Kier alpha value is -3.74. The molecule has 7 nitrogen and oxygen atoms in total. The van der Waals surface area contributed by atoms with E-state index in [0.29, 0.717) is 17.9 Å². The monoisotopic (exact) mass is 372 g/mol. The summed E-state index contributed by atoms with van der Waals surface area (Å²) in [6, 6.07) is 17.6. The van der Waals surface area contributed by atoms with Crippen LogP contribution in [-0.2, 0) is 6.54 Å². The van der Waals surface area contributed by atoms with E-state index in [-0.39, 0.29) is 5.91 Å². The Morgan fingerprint density at radius 2 is 1.82 bits per heavy atom. The lowest BCUT2D eigenvalue weighted by Gasteiger charge is -2.10. The first-order chi connectivity index (χ1) is 13.6. The fourth-order valence-electron chi connectivity index (χ4n) is 3.02. The highest BCUT2D eigenvalue weighted by atomic mass is 16.2. The molecule has 0 saturated carbocycles. The van der Waals surface area contributed by atoms with E-state index in [0.717, 1.165) is 22.5 Å². The lowest BCUT2D eigenvalue weighted by atomic mass is 10.1. The number of benzene rings is 2. The van der Waals surface area contributed by atoms with Crippen LogP contribution in [0.4, 0.5) is 0 Å². The third-order valence-corrected chi connectivity index (χ3v) is 4.57. The van der Waals surface area contributed by atoms with Crippen LogP contribution in [0.1, 0.15) is 27.3 Å². The van der Waals surface area contributed by atoms with Crippen LogP contribution in [0.5, 0.6) is 0 Å². The largest absolute Gasteiger partial charge is 0.346 e. The van der Waals surface area contributed by atoms with Crippen molar-refractivity contribution in [2.24, 2.45) is 0 Å². The summed E-state index contributed by atoms with van der Waals surface area (Å²) in [4.78, 5) is 12.7. The molecule has 0 atom stereocenters. The van der Waals surface area contributed by atoms with Crippen molar-refractivity contribution in [2.75, 3.05) is 0 Å². The number of nitrogens with one attached hydrogen (secondary N) is 1. The summed E-state index contributed by atoms with van der Waals surface area (Å²) in [6.45, 7) is 4.23. The van der Waals surface area contributed by atoms with Gasteiger partial charge in [-0.1, -0.05) is 41.1 Å². The van der Waals surface area contributed by atoms with Crippen LogP contribution in [0.15, 0.2) is 67.0 Å². The molecule has 140 valence electrons. The van der Waals surface area contributed by atoms with Gasteiger partial charge in [0.25, 0.3) is 5.91 Å². The molecule has 4 rings (SSSR count). The zero-order chi connectivity index (χ0) is 19.5. The lowest BCUT2D eigenvalue weighted by molar-refractivity contribution is 0.0945. The number of carbonyl (C=O) groups is 1. The van der Waals surface area contributed by atoms with Gasteiger partial charge in [-0.2, -0.15) is 5.10 Å². The first-order valence-corrected chi connectivity index (χ1v) is 8.99. The number of rotatable bonds is 5. The van der Waals surface area contributed by atoms with Crippen LogP contribution in [-0.4, -0.2) is 30.7 Å². The normalized spacial score (nSPS) is 10.8. The highest BCUT2D eigenvalue weighted by Gasteiger charge is 2.17. The smallest absolute Gasteiger partial charge is 0.274 e. The maximum atomic E-state index is 12.7. The van der Waals surface area contributed by atoms with E-state index >= 15 is 0 Å². The second-order valence-corrected chi connectivity index (χ2v) is 6.53. The SMILES string of the molecule is Cc1ccc(-n2nnc(C(=O)NCc3ccccc3-n3cccn3)c2C)cc1. The fraction of sp³-hybridized carbons (Fsp3) is 0.143. The van der Waals surface area contributed by atoms with Crippen LogP contribution in [0.3, 0.4) is 0 Å². The maximum absolute atomic E-state index is 12.7. The predicted molar refractivity (Wildman–Crippen MR) is 106 cm³/mol. The molecular formula is C21H20N6O. The van der Waals surface area contributed by atoms with Gasteiger partial charge in [0.1, 0.15) is 0 Å². The minimum Gasteiger partial charge on any atom is -0.346 e. The van der Waals surface area contributed by atoms with Crippen molar-refractivity contribution in [3.8, 4) is 11.4 Å². The standard InChI is InChI=1S/C21H20N6O/c1-15-8-10-18(11-9-15)27-16(2)20(24-25-27)21(28)22-14-17-6-3-4-7-19(17)26-13-5-12-23-26/h3-13H,14H2,1-2H3,(H,22,28). The van der Waals surface area contributed by atoms with Gasteiger partial charge < -0.3 is 5.32 Å². The van der Waals surface area contributed by atoms with Crippen molar-refractivity contribution < 1.29 is 4.79 Å². The molecule has 0 spiro atoms. The summed E-state index contributed by atoms with van der Waals surface area (Å²) < 4.78 is 3.45. The van der Waals surface area contributed by atoms with Crippen molar-refractivity contribution in [3.63, 3.8) is 0 Å². The summed E-state index contributed by atoms with van der Waals surface area (Å²) in [5.74, 6) is -0.258. The molecule has 7 heteroatoms. The van der Waals surface area contributed by atoms with Gasteiger partial charge in [0, 0.05) is 18.9 Å². The van der Waals surface area contributed by atoms with Gasteiger partial charge in [-0.15, -0.1) is 5.10 Å². The Kier molecular flexibility index (Phi) is 4.72. The van der Waals surface area contributed by atoms with Crippen LogP contribution in [0, 0.1) is 13.8 Å². The van der Waals surface area contributed by atoms with Gasteiger partial charge in [0.2, 0.25) is 0 Å². The molecule has 1 amide bonds. The summed E-state index contributed by atoms with van der Waals surface area (Å²) in [5.41, 5.74) is 4.93. The quantitative estimate of drug-likeness (QED) is 0.584. The molecule has 0 radical (unpaired) electrons. The van der Waals surface area contributed by atoms with E-state index in [1.54, 1.807) is 15.6 Å². The molecule has 2 aromatic carbocycles. The summed E-state index contributed by atoms with van der Waals surface area (Å²) in [6.07, 6.45) is 3.60. The van der Waals surface area contributed by atoms with E-state index < -0.39 is 0 Å².